The normalized spacial score (nSPS) is 12.2. The standard InChI is InChI=1S/C13H19NO4/c1-10(13(15)16)14(2)8-9-18-12-7-5-4-6-11(12)17-3/h4-7,10H,8-9H2,1-3H3,(H,15,16). The molecule has 1 aromatic rings. The second kappa shape index (κ2) is 6.86. The third kappa shape index (κ3) is 3.92. The van der Waals surface area contributed by atoms with Crippen LogP contribution in [0.1, 0.15) is 6.92 Å². The number of hydrogen-bond donors (Lipinski definition) is 1. The number of carboxylic acids is 1. The molecule has 0 aliphatic heterocycles. The van der Waals surface area contributed by atoms with Crippen LogP contribution in [0.25, 0.3) is 0 Å². The topological polar surface area (TPSA) is 59.0 Å². The van der Waals surface area contributed by atoms with Gasteiger partial charge < -0.3 is 14.6 Å². The van der Waals surface area contributed by atoms with E-state index in [0.717, 1.165) is 0 Å². The second-order valence-corrected chi connectivity index (χ2v) is 3.99. The van der Waals surface area contributed by atoms with Crippen LogP contribution in [0.5, 0.6) is 11.5 Å². The molecule has 0 bridgehead atoms. The van der Waals surface area contributed by atoms with E-state index in [9.17, 15) is 4.79 Å². The summed E-state index contributed by atoms with van der Waals surface area (Å²) in [5.74, 6) is 0.498. The summed E-state index contributed by atoms with van der Waals surface area (Å²) in [6, 6.07) is 6.84. The highest BCUT2D eigenvalue weighted by atomic mass is 16.5. The van der Waals surface area contributed by atoms with E-state index in [2.05, 4.69) is 0 Å². The van der Waals surface area contributed by atoms with E-state index >= 15 is 0 Å². The zero-order valence-electron chi connectivity index (χ0n) is 10.9. The van der Waals surface area contributed by atoms with Crippen molar-refractivity contribution in [2.24, 2.45) is 0 Å². The molecule has 0 heterocycles. The van der Waals surface area contributed by atoms with E-state index in [1.165, 1.54) is 0 Å². The number of hydrogen-bond acceptors (Lipinski definition) is 4. The maximum Gasteiger partial charge on any atom is 0.320 e. The number of nitrogens with zero attached hydrogens (tertiary/aromatic N) is 1. The van der Waals surface area contributed by atoms with Gasteiger partial charge in [-0.25, -0.2) is 0 Å². The van der Waals surface area contributed by atoms with E-state index in [-0.39, 0.29) is 0 Å². The molecule has 0 fully saturated rings. The lowest BCUT2D eigenvalue weighted by Crippen LogP contribution is -2.38. The first-order chi connectivity index (χ1) is 8.56. The smallest absolute Gasteiger partial charge is 0.320 e. The number of likely N-dealkylation sites (N-methyl/N-ethyl adjacent to an activating group) is 1. The third-order valence-electron chi connectivity index (χ3n) is 2.79. The monoisotopic (exact) mass is 253 g/mol. The van der Waals surface area contributed by atoms with Gasteiger partial charge in [0.1, 0.15) is 12.6 Å². The Labute approximate surface area is 107 Å². The van der Waals surface area contributed by atoms with Crippen LogP contribution in [0, 0.1) is 0 Å². The molecular formula is C13H19NO4. The Bertz CT molecular complexity index is 394. The van der Waals surface area contributed by atoms with Crippen LogP contribution in [0.15, 0.2) is 24.3 Å². The zero-order chi connectivity index (χ0) is 13.5. The van der Waals surface area contributed by atoms with Gasteiger partial charge in [0, 0.05) is 6.54 Å². The molecule has 1 aromatic carbocycles. The quantitative estimate of drug-likeness (QED) is 0.797. The maximum atomic E-state index is 10.8. The maximum absolute atomic E-state index is 10.8. The van der Waals surface area contributed by atoms with Gasteiger partial charge in [-0.15, -0.1) is 0 Å². The van der Waals surface area contributed by atoms with Gasteiger partial charge in [-0.05, 0) is 26.1 Å². The zero-order valence-corrected chi connectivity index (χ0v) is 10.9. The van der Waals surface area contributed by atoms with Crippen LogP contribution in [0.4, 0.5) is 0 Å². The van der Waals surface area contributed by atoms with Gasteiger partial charge >= 0.3 is 5.97 Å². The highest BCUT2D eigenvalue weighted by Crippen LogP contribution is 2.25. The van der Waals surface area contributed by atoms with Crippen LogP contribution < -0.4 is 9.47 Å². The van der Waals surface area contributed by atoms with Crippen LogP contribution in [0.3, 0.4) is 0 Å². The molecule has 1 unspecified atom stereocenters. The lowest BCUT2D eigenvalue weighted by atomic mass is 10.3. The summed E-state index contributed by atoms with van der Waals surface area (Å²) >= 11 is 0. The van der Waals surface area contributed by atoms with E-state index in [1.807, 2.05) is 24.3 Å². The number of carbonyl (C=O) groups is 1. The van der Waals surface area contributed by atoms with Crippen LogP contribution in [0.2, 0.25) is 0 Å². The van der Waals surface area contributed by atoms with E-state index in [1.54, 1.807) is 26.0 Å². The average molecular weight is 253 g/mol. The van der Waals surface area contributed by atoms with Gasteiger partial charge in [0.15, 0.2) is 11.5 Å². The molecule has 1 rings (SSSR count). The van der Waals surface area contributed by atoms with Crippen molar-refractivity contribution in [2.45, 2.75) is 13.0 Å². The Morgan fingerprint density at radius 1 is 1.39 bits per heavy atom. The van der Waals surface area contributed by atoms with Gasteiger partial charge in [0.25, 0.3) is 0 Å². The Kier molecular flexibility index (Phi) is 5.45. The first-order valence-electron chi connectivity index (χ1n) is 5.75. The summed E-state index contributed by atoms with van der Waals surface area (Å²) in [5.41, 5.74) is 0. The van der Waals surface area contributed by atoms with Gasteiger partial charge in [-0.1, -0.05) is 12.1 Å². The van der Waals surface area contributed by atoms with Crippen LogP contribution in [-0.4, -0.2) is 49.3 Å². The van der Waals surface area contributed by atoms with Gasteiger partial charge in [-0.2, -0.15) is 0 Å². The number of rotatable bonds is 7. The van der Waals surface area contributed by atoms with E-state index < -0.39 is 12.0 Å². The Morgan fingerprint density at radius 3 is 2.56 bits per heavy atom. The first-order valence-corrected chi connectivity index (χ1v) is 5.75. The summed E-state index contributed by atoms with van der Waals surface area (Å²) in [4.78, 5) is 12.5. The summed E-state index contributed by atoms with van der Waals surface area (Å²) in [7, 11) is 3.34. The number of methoxy groups -OCH3 is 1. The molecule has 5 heteroatoms. The highest BCUT2D eigenvalue weighted by Gasteiger charge is 2.16. The molecular weight excluding hydrogens is 234 g/mol. The van der Waals surface area contributed by atoms with Crippen LogP contribution >= 0.6 is 0 Å². The van der Waals surface area contributed by atoms with Crippen molar-refractivity contribution in [3.8, 4) is 11.5 Å². The van der Waals surface area contributed by atoms with Crippen molar-refractivity contribution in [1.29, 1.82) is 0 Å². The molecule has 0 radical (unpaired) electrons. The molecule has 0 saturated heterocycles. The highest BCUT2D eigenvalue weighted by molar-refractivity contribution is 5.72. The summed E-state index contributed by atoms with van der Waals surface area (Å²) < 4.78 is 10.7. The minimum Gasteiger partial charge on any atom is -0.493 e. The summed E-state index contributed by atoms with van der Waals surface area (Å²) in [6.07, 6.45) is 0. The minimum absolute atomic E-state index is 0.411. The predicted molar refractivity (Wildman–Crippen MR) is 68.2 cm³/mol. The molecule has 1 atom stereocenters. The van der Waals surface area contributed by atoms with E-state index in [0.29, 0.717) is 24.7 Å². The van der Waals surface area contributed by atoms with E-state index in [4.69, 9.17) is 14.6 Å². The minimum atomic E-state index is -0.838. The number of para-hydroxylation sites is 2. The van der Waals surface area contributed by atoms with Crippen molar-refractivity contribution in [3.63, 3.8) is 0 Å². The molecule has 18 heavy (non-hydrogen) atoms. The number of aliphatic carboxylic acids is 1. The summed E-state index contributed by atoms with van der Waals surface area (Å²) in [6.45, 7) is 2.59. The fourth-order valence-corrected chi connectivity index (χ4v) is 1.42. The molecule has 100 valence electrons. The predicted octanol–water partition coefficient (Wildman–Crippen LogP) is 1.48. The van der Waals surface area contributed by atoms with Crippen molar-refractivity contribution in [1.82, 2.24) is 4.90 Å². The fourth-order valence-electron chi connectivity index (χ4n) is 1.42. The molecule has 0 aromatic heterocycles. The molecule has 0 saturated carbocycles. The number of benzene rings is 1. The lowest BCUT2D eigenvalue weighted by molar-refractivity contribution is -0.142. The first kappa shape index (κ1) is 14.3. The van der Waals surface area contributed by atoms with Gasteiger partial charge in [-0.3, -0.25) is 9.69 Å². The van der Waals surface area contributed by atoms with Crippen molar-refractivity contribution in [2.75, 3.05) is 27.3 Å². The molecule has 0 aliphatic rings. The Morgan fingerprint density at radius 2 is 2.00 bits per heavy atom. The lowest BCUT2D eigenvalue weighted by Gasteiger charge is -2.21. The van der Waals surface area contributed by atoms with Crippen molar-refractivity contribution in [3.05, 3.63) is 24.3 Å². The van der Waals surface area contributed by atoms with Crippen molar-refractivity contribution >= 4 is 5.97 Å². The number of ether oxygens (including phenoxy) is 2. The third-order valence-corrected chi connectivity index (χ3v) is 2.79. The Balaban J connectivity index is 2.44. The average Bonchev–Trinajstić information content (AvgIpc) is 2.38. The Hall–Kier alpha value is -1.75. The van der Waals surface area contributed by atoms with Crippen molar-refractivity contribution < 1.29 is 19.4 Å². The number of carboxylic acid groups (broad SMARTS) is 1. The second-order valence-electron chi connectivity index (χ2n) is 3.99. The molecule has 5 nitrogen and oxygen atoms in total. The molecule has 1 N–H and O–H groups in total. The van der Waals surface area contributed by atoms with Gasteiger partial charge in [0.2, 0.25) is 0 Å². The molecule has 0 spiro atoms. The molecule has 0 amide bonds. The SMILES string of the molecule is COc1ccccc1OCCN(C)C(C)C(=O)O. The fraction of sp³-hybridized carbons (Fsp3) is 0.462. The summed E-state index contributed by atoms with van der Waals surface area (Å²) in [5, 5.41) is 8.85. The van der Waals surface area contributed by atoms with Crippen LogP contribution in [-0.2, 0) is 4.79 Å². The molecule has 0 aliphatic carbocycles. The largest absolute Gasteiger partial charge is 0.493 e. The van der Waals surface area contributed by atoms with Gasteiger partial charge in [0.05, 0.1) is 7.11 Å².